The van der Waals surface area contributed by atoms with Crippen LogP contribution in [0.5, 0.6) is 0 Å². The van der Waals surface area contributed by atoms with Crippen molar-refractivity contribution in [1.29, 1.82) is 0 Å². The molecule has 0 spiro atoms. The van der Waals surface area contributed by atoms with E-state index in [1.807, 2.05) is 24.3 Å². The Hall–Kier alpha value is -2.11. The minimum absolute atomic E-state index is 0.0561. The highest BCUT2D eigenvalue weighted by atomic mass is 79.9. The number of azide groups is 1. The van der Waals surface area contributed by atoms with Gasteiger partial charge in [-0.3, -0.25) is 9.78 Å². The molecular weight excluding hydrogens is 334 g/mol. The number of pyridine rings is 1. The molecule has 7 heteroatoms. The molecule has 0 aliphatic carbocycles. The van der Waals surface area contributed by atoms with Crippen molar-refractivity contribution in [1.82, 2.24) is 4.98 Å². The maximum atomic E-state index is 12.2. The van der Waals surface area contributed by atoms with Gasteiger partial charge in [0.1, 0.15) is 0 Å². The average Bonchev–Trinajstić information content (AvgIpc) is 2.85. The van der Waals surface area contributed by atoms with Gasteiger partial charge in [0.25, 0.3) is 0 Å². The van der Waals surface area contributed by atoms with Gasteiger partial charge in [-0.15, -0.1) is 0 Å². The summed E-state index contributed by atoms with van der Waals surface area (Å²) >= 11 is 3.45. The summed E-state index contributed by atoms with van der Waals surface area (Å²) in [6.45, 7) is 0.926. The summed E-state index contributed by atoms with van der Waals surface area (Å²) in [5.41, 5.74) is 10.1. The molecule has 6 nitrogen and oxygen atoms in total. The van der Waals surface area contributed by atoms with Crippen molar-refractivity contribution in [3.8, 4) is 0 Å². The van der Waals surface area contributed by atoms with Gasteiger partial charge in [-0.2, -0.15) is 0 Å². The first-order valence-corrected chi connectivity index (χ1v) is 7.34. The predicted molar refractivity (Wildman–Crippen MR) is 83.9 cm³/mol. The van der Waals surface area contributed by atoms with E-state index in [9.17, 15) is 4.79 Å². The predicted octanol–water partition coefficient (Wildman–Crippen LogP) is 3.66. The van der Waals surface area contributed by atoms with Gasteiger partial charge in [-0.25, -0.2) is 0 Å². The Morgan fingerprint density at radius 3 is 3.14 bits per heavy atom. The maximum absolute atomic E-state index is 12.2. The normalized spacial score (nSPS) is 18.0. The lowest BCUT2D eigenvalue weighted by Gasteiger charge is -2.18. The molecule has 0 bridgehead atoms. The summed E-state index contributed by atoms with van der Waals surface area (Å²) in [6, 6.07) is 7.66. The molecule has 1 aliphatic heterocycles. The molecule has 1 saturated heterocycles. The van der Waals surface area contributed by atoms with E-state index >= 15 is 0 Å². The first-order valence-electron chi connectivity index (χ1n) is 6.54. The van der Waals surface area contributed by atoms with Gasteiger partial charge in [0.2, 0.25) is 5.91 Å². The third-order valence-electron chi connectivity index (χ3n) is 3.58. The Kier molecular flexibility index (Phi) is 3.77. The van der Waals surface area contributed by atoms with Crippen LogP contribution in [0, 0.1) is 5.92 Å². The van der Waals surface area contributed by atoms with Crippen LogP contribution in [0.25, 0.3) is 21.3 Å². The number of aromatic nitrogens is 1. The summed E-state index contributed by atoms with van der Waals surface area (Å²) in [7, 11) is 0. The lowest BCUT2D eigenvalue weighted by molar-refractivity contribution is -0.117. The van der Waals surface area contributed by atoms with E-state index in [0.717, 1.165) is 21.1 Å². The SMILES string of the molecule is [N-]=[N+]=NCC1CC(=O)N(c2ccnc3ccc(Br)cc23)C1. The zero-order chi connectivity index (χ0) is 14.8. The van der Waals surface area contributed by atoms with Gasteiger partial charge in [0.15, 0.2) is 0 Å². The smallest absolute Gasteiger partial charge is 0.227 e. The molecule has 0 N–H and O–H groups in total. The maximum Gasteiger partial charge on any atom is 0.227 e. The number of carbonyl (C=O) groups is 1. The largest absolute Gasteiger partial charge is 0.311 e. The first-order chi connectivity index (χ1) is 10.2. The van der Waals surface area contributed by atoms with E-state index < -0.39 is 0 Å². The minimum Gasteiger partial charge on any atom is -0.311 e. The number of hydrogen-bond donors (Lipinski definition) is 0. The van der Waals surface area contributed by atoms with Crippen molar-refractivity contribution in [3.05, 3.63) is 45.4 Å². The molecule has 1 aliphatic rings. The number of nitrogens with zero attached hydrogens (tertiary/aromatic N) is 5. The van der Waals surface area contributed by atoms with E-state index in [2.05, 4.69) is 30.9 Å². The van der Waals surface area contributed by atoms with Crippen LogP contribution in [0.15, 0.2) is 40.0 Å². The van der Waals surface area contributed by atoms with Crippen LogP contribution in [0.2, 0.25) is 0 Å². The van der Waals surface area contributed by atoms with Gasteiger partial charge in [-0.1, -0.05) is 21.0 Å². The molecule has 1 aromatic heterocycles. The standard InChI is InChI=1S/C14H12BrN5O/c15-10-1-2-12-11(6-10)13(3-4-17-12)20-8-9(5-14(20)21)7-18-19-16/h1-4,6,9H,5,7-8H2. The van der Waals surface area contributed by atoms with E-state index in [-0.39, 0.29) is 11.8 Å². The van der Waals surface area contributed by atoms with E-state index in [1.165, 1.54) is 0 Å². The van der Waals surface area contributed by atoms with Crippen molar-refractivity contribution in [2.45, 2.75) is 6.42 Å². The van der Waals surface area contributed by atoms with Gasteiger partial charge in [0, 0.05) is 40.5 Å². The van der Waals surface area contributed by atoms with Gasteiger partial charge in [-0.05, 0) is 35.7 Å². The molecule has 1 aromatic carbocycles. The average molecular weight is 346 g/mol. The summed E-state index contributed by atoms with van der Waals surface area (Å²) in [6.07, 6.45) is 2.12. The zero-order valence-corrected chi connectivity index (χ0v) is 12.7. The molecule has 1 unspecified atom stereocenters. The first kappa shape index (κ1) is 13.9. The van der Waals surface area contributed by atoms with Crippen LogP contribution in [0.4, 0.5) is 5.69 Å². The van der Waals surface area contributed by atoms with Crippen molar-refractivity contribution < 1.29 is 4.79 Å². The Balaban J connectivity index is 1.99. The number of rotatable bonds is 3. The summed E-state index contributed by atoms with van der Waals surface area (Å²) in [4.78, 5) is 21.1. The topological polar surface area (TPSA) is 82.0 Å². The number of anilines is 1. The van der Waals surface area contributed by atoms with Crippen molar-refractivity contribution >= 4 is 38.4 Å². The van der Waals surface area contributed by atoms with E-state index in [4.69, 9.17) is 5.53 Å². The molecule has 1 amide bonds. The molecular formula is C14H12BrN5O. The fourth-order valence-electron chi connectivity index (χ4n) is 2.63. The minimum atomic E-state index is 0.0561. The number of carbonyl (C=O) groups excluding carboxylic acids is 1. The van der Waals surface area contributed by atoms with Crippen molar-refractivity contribution in [2.24, 2.45) is 11.0 Å². The van der Waals surface area contributed by atoms with Gasteiger partial charge in [0.05, 0.1) is 11.2 Å². The molecule has 21 heavy (non-hydrogen) atoms. The lowest BCUT2D eigenvalue weighted by atomic mass is 10.1. The lowest BCUT2D eigenvalue weighted by Crippen LogP contribution is -2.25. The number of benzene rings is 1. The van der Waals surface area contributed by atoms with Gasteiger partial charge >= 0.3 is 0 Å². The van der Waals surface area contributed by atoms with Crippen LogP contribution >= 0.6 is 15.9 Å². The molecule has 1 fully saturated rings. The van der Waals surface area contributed by atoms with Crippen LogP contribution in [-0.2, 0) is 4.79 Å². The summed E-state index contributed by atoms with van der Waals surface area (Å²) < 4.78 is 0.946. The van der Waals surface area contributed by atoms with E-state index in [1.54, 1.807) is 11.1 Å². The summed E-state index contributed by atoms with van der Waals surface area (Å²) in [5.74, 6) is 0.129. The third kappa shape index (κ3) is 2.70. The second-order valence-corrected chi connectivity index (χ2v) is 5.90. The van der Waals surface area contributed by atoms with Crippen LogP contribution < -0.4 is 4.90 Å². The Morgan fingerprint density at radius 1 is 1.48 bits per heavy atom. The number of fused-ring (bicyclic) bond motifs is 1. The monoisotopic (exact) mass is 345 g/mol. The fourth-order valence-corrected chi connectivity index (χ4v) is 2.99. The molecule has 3 rings (SSSR count). The van der Waals surface area contributed by atoms with Crippen LogP contribution in [-0.4, -0.2) is 24.0 Å². The quantitative estimate of drug-likeness (QED) is 0.483. The molecule has 2 aromatic rings. The third-order valence-corrected chi connectivity index (χ3v) is 4.07. The van der Waals surface area contributed by atoms with Gasteiger partial charge < -0.3 is 4.90 Å². The van der Waals surface area contributed by atoms with E-state index in [0.29, 0.717) is 19.5 Å². The second-order valence-electron chi connectivity index (χ2n) is 4.98. The highest BCUT2D eigenvalue weighted by Gasteiger charge is 2.31. The fraction of sp³-hybridized carbons (Fsp3) is 0.286. The Bertz CT molecular complexity index is 756. The molecule has 0 saturated carbocycles. The van der Waals surface area contributed by atoms with Crippen LogP contribution in [0.1, 0.15) is 6.42 Å². The molecule has 0 radical (unpaired) electrons. The summed E-state index contributed by atoms with van der Waals surface area (Å²) in [5, 5.41) is 4.51. The zero-order valence-electron chi connectivity index (χ0n) is 11.1. The Labute approximate surface area is 129 Å². The highest BCUT2D eigenvalue weighted by molar-refractivity contribution is 9.10. The second kappa shape index (κ2) is 5.71. The highest BCUT2D eigenvalue weighted by Crippen LogP contribution is 2.32. The van der Waals surface area contributed by atoms with Crippen molar-refractivity contribution in [2.75, 3.05) is 18.0 Å². The molecule has 2 heterocycles. The number of halogens is 1. The van der Waals surface area contributed by atoms with Crippen LogP contribution in [0.3, 0.4) is 0 Å². The number of hydrogen-bond acceptors (Lipinski definition) is 3. The number of amides is 1. The Morgan fingerprint density at radius 2 is 2.33 bits per heavy atom. The van der Waals surface area contributed by atoms with Crippen molar-refractivity contribution in [3.63, 3.8) is 0 Å². The molecule has 106 valence electrons. The molecule has 1 atom stereocenters.